The van der Waals surface area contributed by atoms with E-state index in [1.807, 2.05) is 12.1 Å². The van der Waals surface area contributed by atoms with Gasteiger partial charge in [-0.2, -0.15) is 0 Å². The number of benzene rings is 3. The molecule has 0 saturated carbocycles. The first-order chi connectivity index (χ1) is 18.9. The van der Waals surface area contributed by atoms with E-state index in [9.17, 15) is 14.4 Å². The summed E-state index contributed by atoms with van der Waals surface area (Å²) in [6, 6.07) is 20.7. The summed E-state index contributed by atoms with van der Waals surface area (Å²) in [6.45, 7) is 2.07. The molecule has 0 bridgehead atoms. The maximum absolute atomic E-state index is 13.3. The number of nitrogens with zero attached hydrogens (tertiary/aromatic N) is 1. The van der Waals surface area contributed by atoms with Gasteiger partial charge in [0.15, 0.2) is 0 Å². The van der Waals surface area contributed by atoms with Gasteiger partial charge in [-0.15, -0.1) is 0 Å². The zero-order valence-corrected chi connectivity index (χ0v) is 22.8. The Balaban J connectivity index is 1.44. The Kier molecular flexibility index (Phi) is 9.85. The van der Waals surface area contributed by atoms with Gasteiger partial charge in [0.1, 0.15) is 6.04 Å². The molecule has 0 aliphatic carbocycles. The largest absolute Gasteiger partial charge is 0.397 e. The summed E-state index contributed by atoms with van der Waals surface area (Å²) in [5.41, 5.74) is 8.99. The lowest BCUT2D eigenvalue weighted by Gasteiger charge is -2.28. The van der Waals surface area contributed by atoms with E-state index in [0.29, 0.717) is 48.9 Å². The molecule has 4 rings (SSSR count). The number of nitrogens with two attached hydrogens (primary N) is 1. The van der Waals surface area contributed by atoms with Crippen LogP contribution in [0.3, 0.4) is 0 Å². The van der Waals surface area contributed by atoms with Gasteiger partial charge in [0.05, 0.1) is 31.1 Å². The first kappa shape index (κ1) is 28.0. The number of hydrogen-bond donors (Lipinski definition) is 4. The molecule has 1 aliphatic heterocycles. The van der Waals surface area contributed by atoms with Crippen molar-refractivity contribution in [2.45, 2.75) is 6.04 Å². The Bertz CT molecular complexity index is 1320. The molecule has 39 heavy (non-hydrogen) atoms. The predicted octanol–water partition coefficient (Wildman–Crippen LogP) is 3.81. The molecule has 0 spiro atoms. The zero-order valence-electron chi connectivity index (χ0n) is 21.2. The number of rotatable bonds is 9. The Labute approximate surface area is 235 Å². The first-order valence-corrected chi connectivity index (χ1v) is 13.3. The lowest BCUT2D eigenvalue weighted by atomic mass is 10.0. The van der Waals surface area contributed by atoms with Crippen molar-refractivity contribution in [2.24, 2.45) is 0 Å². The first-order valence-electron chi connectivity index (χ1n) is 12.5. The molecular formula is C29H30BrN5O4. The maximum atomic E-state index is 13.3. The third kappa shape index (κ3) is 8.25. The van der Waals surface area contributed by atoms with Gasteiger partial charge in [-0.3, -0.25) is 19.7 Å². The van der Waals surface area contributed by atoms with Crippen molar-refractivity contribution in [1.29, 1.82) is 0 Å². The van der Waals surface area contributed by atoms with Crippen LogP contribution in [0.5, 0.6) is 0 Å². The summed E-state index contributed by atoms with van der Waals surface area (Å²) >= 11 is 3.39. The molecule has 0 aromatic heterocycles. The number of hydrogen-bond acceptors (Lipinski definition) is 6. The van der Waals surface area contributed by atoms with Gasteiger partial charge >= 0.3 is 0 Å². The Morgan fingerprint density at radius 3 is 2.33 bits per heavy atom. The highest BCUT2D eigenvalue weighted by atomic mass is 79.9. The van der Waals surface area contributed by atoms with Crippen LogP contribution in [0.25, 0.3) is 6.08 Å². The van der Waals surface area contributed by atoms with Gasteiger partial charge in [0.25, 0.3) is 0 Å². The average Bonchev–Trinajstić information content (AvgIpc) is 2.95. The van der Waals surface area contributed by atoms with Gasteiger partial charge in [-0.1, -0.05) is 52.3 Å². The van der Waals surface area contributed by atoms with Crippen LogP contribution in [0.1, 0.15) is 17.2 Å². The molecule has 3 aromatic rings. The summed E-state index contributed by atoms with van der Waals surface area (Å²) in [5.74, 6) is -0.702. The third-order valence-electron chi connectivity index (χ3n) is 6.11. The predicted molar refractivity (Wildman–Crippen MR) is 156 cm³/mol. The number of carbonyl (C=O) groups is 3. The minimum absolute atomic E-state index is 0.00284. The van der Waals surface area contributed by atoms with E-state index >= 15 is 0 Å². The van der Waals surface area contributed by atoms with Crippen molar-refractivity contribution in [1.82, 2.24) is 10.2 Å². The number of nitrogen functional groups attached to an aromatic ring is 1. The molecule has 9 nitrogen and oxygen atoms in total. The van der Waals surface area contributed by atoms with E-state index < -0.39 is 6.04 Å². The van der Waals surface area contributed by atoms with Gasteiger partial charge in [0, 0.05) is 29.3 Å². The number of nitrogens with one attached hydrogen (secondary N) is 3. The van der Waals surface area contributed by atoms with Crippen LogP contribution in [0.15, 0.2) is 83.3 Å². The van der Waals surface area contributed by atoms with E-state index in [2.05, 4.69) is 31.9 Å². The van der Waals surface area contributed by atoms with Crippen molar-refractivity contribution in [3.63, 3.8) is 0 Å². The van der Waals surface area contributed by atoms with E-state index in [1.165, 1.54) is 6.08 Å². The number of para-hydroxylation sites is 2. The Morgan fingerprint density at radius 2 is 1.64 bits per heavy atom. The topological polar surface area (TPSA) is 126 Å². The standard InChI is InChI=1S/C29H30BrN5O4/c30-22-10-12-23(13-11-22)33-29(38)28(32-19-27(37)35-15-17-39-18-16-35)21-8-5-20(6-9-21)7-14-26(36)34-25-4-2-1-3-24(25)31/h1-14,28,32H,15-19,31H2,(H,33,38)(H,34,36). The van der Waals surface area contributed by atoms with Gasteiger partial charge < -0.3 is 26.0 Å². The van der Waals surface area contributed by atoms with Crippen LogP contribution in [-0.4, -0.2) is 55.5 Å². The van der Waals surface area contributed by atoms with E-state index in [4.69, 9.17) is 10.5 Å². The van der Waals surface area contributed by atoms with Crippen molar-refractivity contribution in [3.8, 4) is 0 Å². The summed E-state index contributed by atoms with van der Waals surface area (Å²) in [4.78, 5) is 40.0. The summed E-state index contributed by atoms with van der Waals surface area (Å²) in [7, 11) is 0. The highest BCUT2D eigenvalue weighted by Crippen LogP contribution is 2.20. The monoisotopic (exact) mass is 591 g/mol. The summed E-state index contributed by atoms with van der Waals surface area (Å²) in [6.07, 6.45) is 3.09. The number of morpholine rings is 1. The Morgan fingerprint density at radius 1 is 0.949 bits per heavy atom. The molecule has 202 valence electrons. The van der Waals surface area contributed by atoms with Crippen LogP contribution in [0, 0.1) is 0 Å². The van der Waals surface area contributed by atoms with Crippen molar-refractivity contribution in [3.05, 3.63) is 94.5 Å². The van der Waals surface area contributed by atoms with Gasteiger partial charge in [-0.05, 0) is 53.6 Å². The summed E-state index contributed by atoms with van der Waals surface area (Å²) in [5, 5.41) is 8.77. The molecule has 1 unspecified atom stereocenters. The number of anilines is 3. The lowest BCUT2D eigenvalue weighted by Crippen LogP contribution is -2.46. The van der Waals surface area contributed by atoms with E-state index in [-0.39, 0.29) is 24.3 Å². The minimum Gasteiger partial charge on any atom is -0.397 e. The van der Waals surface area contributed by atoms with Crippen LogP contribution in [0.2, 0.25) is 0 Å². The SMILES string of the molecule is Nc1ccccc1NC(=O)C=Cc1ccc(C(NCC(=O)N2CCOCC2)C(=O)Nc2ccc(Br)cc2)cc1. The van der Waals surface area contributed by atoms with Crippen molar-refractivity contribution < 1.29 is 19.1 Å². The molecule has 1 aliphatic rings. The second-order valence-corrected chi connectivity index (χ2v) is 9.80. The van der Waals surface area contributed by atoms with Crippen LogP contribution < -0.4 is 21.7 Å². The fourth-order valence-electron chi connectivity index (χ4n) is 3.98. The zero-order chi connectivity index (χ0) is 27.6. The second kappa shape index (κ2) is 13.7. The second-order valence-electron chi connectivity index (χ2n) is 8.88. The smallest absolute Gasteiger partial charge is 0.248 e. The van der Waals surface area contributed by atoms with E-state index in [0.717, 1.165) is 10.0 Å². The normalized spacial score (nSPS) is 14.1. The van der Waals surface area contributed by atoms with Crippen LogP contribution in [0.4, 0.5) is 17.1 Å². The molecule has 0 radical (unpaired) electrons. The summed E-state index contributed by atoms with van der Waals surface area (Å²) < 4.78 is 6.22. The quantitative estimate of drug-likeness (QED) is 0.221. The van der Waals surface area contributed by atoms with Gasteiger partial charge in [0.2, 0.25) is 17.7 Å². The minimum atomic E-state index is -0.777. The molecule has 1 saturated heterocycles. The highest BCUT2D eigenvalue weighted by Gasteiger charge is 2.24. The van der Waals surface area contributed by atoms with Crippen LogP contribution in [-0.2, 0) is 19.1 Å². The lowest BCUT2D eigenvalue weighted by molar-refractivity contribution is -0.134. The van der Waals surface area contributed by atoms with Crippen molar-refractivity contribution >= 4 is 56.8 Å². The highest BCUT2D eigenvalue weighted by molar-refractivity contribution is 9.10. The number of halogens is 1. The third-order valence-corrected chi connectivity index (χ3v) is 6.64. The molecule has 1 fully saturated rings. The fraction of sp³-hybridized carbons (Fsp3) is 0.207. The molecule has 3 aromatic carbocycles. The molecule has 5 N–H and O–H groups in total. The number of carbonyl (C=O) groups excluding carboxylic acids is 3. The molecule has 10 heteroatoms. The van der Waals surface area contributed by atoms with E-state index in [1.54, 1.807) is 71.6 Å². The number of ether oxygens (including phenoxy) is 1. The Hall–Kier alpha value is -3.99. The fourth-order valence-corrected chi connectivity index (χ4v) is 4.24. The molecule has 1 heterocycles. The van der Waals surface area contributed by atoms with Crippen molar-refractivity contribution in [2.75, 3.05) is 49.2 Å². The molecule has 1 atom stereocenters. The molecule has 3 amide bonds. The molecular weight excluding hydrogens is 562 g/mol. The number of amides is 3. The average molecular weight is 592 g/mol. The maximum Gasteiger partial charge on any atom is 0.248 e. The van der Waals surface area contributed by atoms with Gasteiger partial charge in [-0.25, -0.2) is 0 Å². The van der Waals surface area contributed by atoms with Crippen LogP contribution >= 0.6 is 15.9 Å².